The molecule has 1 aromatic carbocycles. The lowest BCUT2D eigenvalue weighted by molar-refractivity contribution is -0.123. The van der Waals surface area contributed by atoms with Crippen molar-refractivity contribution in [2.75, 3.05) is 20.3 Å². The van der Waals surface area contributed by atoms with E-state index in [2.05, 4.69) is 24.4 Å². The average molecular weight is 273 g/mol. The van der Waals surface area contributed by atoms with E-state index in [4.69, 9.17) is 10.5 Å². The number of hydrogen-bond acceptors (Lipinski definition) is 3. The predicted octanol–water partition coefficient (Wildman–Crippen LogP) is 1.05. The highest BCUT2D eigenvalue weighted by atomic mass is 35.5. The van der Waals surface area contributed by atoms with Crippen LogP contribution < -0.4 is 11.1 Å². The van der Waals surface area contributed by atoms with Crippen LogP contribution in [0.2, 0.25) is 0 Å². The molecule has 18 heavy (non-hydrogen) atoms. The molecule has 0 fully saturated rings. The van der Waals surface area contributed by atoms with E-state index >= 15 is 0 Å². The molecule has 1 rings (SSSR count). The molecule has 0 saturated carbocycles. The topological polar surface area (TPSA) is 64.3 Å². The van der Waals surface area contributed by atoms with Gasteiger partial charge in [-0.25, -0.2) is 0 Å². The van der Waals surface area contributed by atoms with Gasteiger partial charge >= 0.3 is 0 Å². The van der Waals surface area contributed by atoms with Crippen molar-refractivity contribution in [2.45, 2.75) is 19.4 Å². The maximum Gasteiger partial charge on any atom is 0.239 e. The van der Waals surface area contributed by atoms with Crippen molar-refractivity contribution < 1.29 is 9.53 Å². The Morgan fingerprint density at radius 2 is 2.11 bits per heavy atom. The van der Waals surface area contributed by atoms with Crippen LogP contribution in [0, 0.1) is 6.92 Å². The molecule has 102 valence electrons. The van der Waals surface area contributed by atoms with Gasteiger partial charge in [0.15, 0.2) is 0 Å². The van der Waals surface area contributed by atoms with Gasteiger partial charge in [-0.15, -0.1) is 12.4 Å². The summed E-state index contributed by atoms with van der Waals surface area (Å²) in [6.45, 7) is 2.91. The zero-order valence-corrected chi connectivity index (χ0v) is 11.6. The van der Waals surface area contributed by atoms with Gasteiger partial charge in [-0.1, -0.05) is 24.3 Å². The van der Waals surface area contributed by atoms with Crippen molar-refractivity contribution >= 4 is 18.3 Å². The molecule has 1 amide bonds. The summed E-state index contributed by atoms with van der Waals surface area (Å²) in [5.41, 5.74) is 8.08. The lowest BCUT2D eigenvalue weighted by atomic mass is 10.1. The molecule has 4 nitrogen and oxygen atoms in total. The Balaban J connectivity index is 0.00000289. The standard InChI is InChI=1S/C13H20N2O2.ClH/c1-10-5-3-4-6-11(10)7-8-15-13(16)12(14)9-17-2;/h3-6,12H,7-9,14H2,1-2H3,(H,15,16);1H. The number of amides is 1. The molecule has 0 aliphatic heterocycles. The summed E-state index contributed by atoms with van der Waals surface area (Å²) in [4.78, 5) is 11.5. The van der Waals surface area contributed by atoms with Gasteiger partial charge in [-0.05, 0) is 24.5 Å². The van der Waals surface area contributed by atoms with Crippen LogP contribution in [0.1, 0.15) is 11.1 Å². The van der Waals surface area contributed by atoms with Crippen LogP contribution in [0.15, 0.2) is 24.3 Å². The fourth-order valence-corrected chi connectivity index (χ4v) is 1.60. The van der Waals surface area contributed by atoms with Gasteiger partial charge in [0.05, 0.1) is 6.61 Å². The van der Waals surface area contributed by atoms with Crippen LogP contribution in [0.25, 0.3) is 0 Å². The number of hydrogen-bond donors (Lipinski definition) is 2. The summed E-state index contributed by atoms with van der Waals surface area (Å²) in [7, 11) is 1.53. The number of aryl methyl sites for hydroxylation is 1. The first-order valence-electron chi connectivity index (χ1n) is 5.72. The van der Waals surface area contributed by atoms with E-state index in [0.717, 1.165) is 6.42 Å². The summed E-state index contributed by atoms with van der Waals surface area (Å²) < 4.78 is 4.82. The second-order valence-electron chi connectivity index (χ2n) is 4.03. The third-order valence-electron chi connectivity index (χ3n) is 2.64. The van der Waals surface area contributed by atoms with E-state index < -0.39 is 6.04 Å². The van der Waals surface area contributed by atoms with E-state index in [1.807, 2.05) is 12.1 Å². The maximum absolute atomic E-state index is 11.5. The van der Waals surface area contributed by atoms with Crippen molar-refractivity contribution in [1.29, 1.82) is 0 Å². The van der Waals surface area contributed by atoms with Gasteiger partial charge < -0.3 is 15.8 Å². The zero-order chi connectivity index (χ0) is 12.7. The van der Waals surface area contributed by atoms with Gasteiger partial charge in [-0.2, -0.15) is 0 Å². The summed E-state index contributed by atoms with van der Waals surface area (Å²) >= 11 is 0. The molecule has 0 aliphatic carbocycles. The molecule has 5 heteroatoms. The van der Waals surface area contributed by atoms with E-state index in [1.54, 1.807) is 0 Å². The first-order valence-corrected chi connectivity index (χ1v) is 5.72. The highest BCUT2D eigenvalue weighted by Crippen LogP contribution is 2.06. The van der Waals surface area contributed by atoms with E-state index in [9.17, 15) is 4.79 Å². The smallest absolute Gasteiger partial charge is 0.239 e. The van der Waals surface area contributed by atoms with Gasteiger partial charge in [-0.3, -0.25) is 4.79 Å². The minimum absolute atomic E-state index is 0. The van der Waals surface area contributed by atoms with Crippen molar-refractivity contribution in [3.8, 4) is 0 Å². The molecule has 0 heterocycles. The van der Waals surface area contributed by atoms with Crippen LogP contribution >= 0.6 is 12.4 Å². The molecule has 0 saturated heterocycles. The first-order chi connectivity index (χ1) is 8.15. The third-order valence-corrected chi connectivity index (χ3v) is 2.64. The number of rotatable bonds is 6. The molecular formula is C13H21ClN2O2. The minimum Gasteiger partial charge on any atom is -0.383 e. The Morgan fingerprint density at radius 3 is 2.72 bits per heavy atom. The molecule has 1 aromatic rings. The predicted molar refractivity (Wildman–Crippen MR) is 75.0 cm³/mol. The number of ether oxygens (including phenoxy) is 1. The number of nitrogens with two attached hydrogens (primary N) is 1. The van der Waals surface area contributed by atoms with Crippen LogP contribution in [0.3, 0.4) is 0 Å². The number of halogens is 1. The third kappa shape index (κ3) is 5.49. The summed E-state index contributed by atoms with van der Waals surface area (Å²) in [6, 6.07) is 7.55. The van der Waals surface area contributed by atoms with Gasteiger partial charge in [0.2, 0.25) is 5.91 Å². The molecule has 3 N–H and O–H groups in total. The molecular weight excluding hydrogens is 252 g/mol. The second kappa shape index (κ2) is 8.91. The van der Waals surface area contributed by atoms with E-state index in [0.29, 0.717) is 6.54 Å². The van der Waals surface area contributed by atoms with Crippen LogP contribution in [0.5, 0.6) is 0 Å². The molecule has 1 unspecified atom stereocenters. The number of methoxy groups -OCH3 is 1. The van der Waals surface area contributed by atoms with Crippen LogP contribution in [-0.2, 0) is 16.0 Å². The Labute approximate surface area is 114 Å². The largest absolute Gasteiger partial charge is 0.383 e. The Morgan fingerprint density at radius 1 is 1.44 bits per heavy atom. The van der Waals surface area contributed by atoms with E-state index in [-0.39, 0.29) is 24.9 Å². The highest BCUT2D eigenvalue weighted by Gasteiger charge is 2.11. The Kier molecular flexibility index (Phi) is 8.37. The van der Waals surface area contributed by atoms with E-state index in [1.165, 1.54) is 18.2 Å². The molecule has 0 spiro atoms. The summed E-state index contributed by atoms with van der Waals surface area (Å²) in [5.74, 6) is -0.166. The SMILES string of the molecule is COCC(N)C(=O)NCCc1ccccc1C.Cl. The number of nitrogens with one attached hydrogen (secondary N) is 1. The summed E-state index contributed by atoms with van der Waals surface area (Å²) in [5, 5.41) is 2.80. The number of carbonyl (C=O) groups is 1. The lowest BCUT2D eigenvalue weighted by Crippen LogP contribution is -2.44. The molecule has 1 atom stereocenters. The van der Waals surface area contributed by atoms with Crippen molar-refractivity contribution in [3.63, 3.8) is 0 Å². The van der Waals surface area contributed by atoms with Gasteiger partial charge in [0.1, 0.15) is 6.04 Å². The molecule has 0 radical (unpaired) electrons. The van der Waals surface area contributed by atoms with Crippen LogP contribution in [-0.4, -0.2) is 32.2 Å². The Hall–Kier alpha value is -1.10. The normalized spacial score (nSPS) is 11.5. The fraction of sp³-hybridized carbons (Fsp3) is 0.462. The number of carbonyl (C=O) groups excluding carboxylic acids is 1. The highest BCUT2D eigenvalue weighted by molar-refractivity contribution is 5.85. The summed E-state index contributed by atoms with van der Waals surface area (Å²) in [6.07, 6.45) is 0.818. The molecule has 0 aliphatic rings. The quantitative estimate of drug-likeness (QED) is 0.814. The molecule has 0 bridgehead atoms. The average Bonchev–Trinajstić information content (AvgIpc) is 2.31. The van der Waals surface area contributed by atoms with Crippen molar-refractivity contribution in [1.82, 2.24) is 5.32 Å². The monoisotopic (exact) mass is 272 g/mol. The van der Waals surface area contributed by atoms with Crippen molar-refractivity contribution in [3.05, 3.63) is 35.4 Å². The minimum atomic E-state index is -0.586. The second-order valence-corrected chi connectivity index (χ2v) is 4.03. The van der Waals surface area contributed by atoms with Gasteiger partial charge in [0, 0.05) is 13.7 Å². The Bertz CT molecular complexity index is 372. The number of benzene rings is 1. The van der Waals surface area contributed by atoms with Gasteiger partial charge in [0.25, 0.3) is 0 Å². The van der Waals surface area contributed by atoms with Crippen molar-refractivity contribution in [2.24, 2.45) is 5.73 Å². The first kappa shape index (κ1) is 16.9. The zero-order valence-electron chi connectivity index (χ0n) is 10.8. The van der Waals surface area contributed by atoms with Crippen LogP contribution in [0.4, 0.5) is 0 Å². The lowest BCUT2D eigenvalue weighted by Gasteiger charge is -2.11. The maximum atomic E-state index is 11.5. The molecule has 0 aromatic heterocycles. The fourth-order valence-electron chi connectivity index (χ4n) is 1.60.